The summed E-state index contributed by atoms with van der Waals surface area (Å²) in [4.78, 5) is 0. The molecule has 0 atom stereocenters. The molecule has 0 aliphatic heterocycles. The average Bonchev–Trinajstić information content (AvgIpc) is 2.54. The monoisotopic (exact) mass is 340 g/mol. The van der Waals surface area contributed by atoms with Crippen molar-refractivity contribution in [3.05, 3.63) is 35.9 Å². The predicted molar refractivity (Wildman–Crippen MR) is 98.2 cm³/mol. The van der Waals surface area contributed by atoms with E-state index >= 15 is 0 Å². The van der Waals surface area contributed by atoms with Gasteiger partial charge in [0.25, 0.3) is 0 Å². The maximum atomic E-state index is 11.8. The zero-order chi connectivity index (χ0) is 16.8. The first-order valence-electron chi connectivity index (χ1n) is 8.86. The van der Waals surface area contributed by atoms with Crippen molar-refractivity contribution in [2.75, 3.05) is 25.4 Å². The van der Waals surface area contributed by atoms with Crippen LogP contribution in [-0.4, -0.2) is 33.8 Å². The number of benzene rings is 1. The molecule has 0 amide bonds. The van der Waals surface area contributed by atoms with Gasteiger partial charge in [0.15, 0.2) is 0 Å². The number of rotatable bonds is 14. The Balaban J connectivity index is 2.00. The zero-order valence-corrected chi connectivity index (χ0v) is 15.2. The lowest BCUT2D eigenvalue weighted by Gasteiger charge is -2.08. The second kappa shape index (κ2) is 12.5. The van der Waals surface area contributed by atoms with Gasteiger partial charge < -0.3 is 5.32 Å². The highest BCUT2D eigenvalue weighted by Crippen LogP contribution is 2.04. The van der Waals surface area contributed by atoms with Crippen molar-refractivity contribution in [3.63, 3.8) is 0 Å². The summed E-state index contributed by atoms with van der Waals surface area (Å²) in [6.45, 7) is 4.07. The number of sulfonamides is 1. The Kier molecular flexibility index (Phi) is 10.9. The van der Waals surface area contributed by atoms with E-state index in [4.69, 9.17) is 0 Å². The van der Waals surface area contributed by atoms with Crippen LogP contribution in [-0.2, 0) is 16.4 Å². The lowest BCUT2D eigenvalue weighted by Crippen LogP contribution is -2.33. The first kappa shape index (κ1) is 20.1. The van der Waals surface area contributed by atoms with Crippen molar-refractivity contribution >= 4 is 10.0 Å². The Morgan fingerprint density at radius 2 is 1.57 bits per heavy atom. The van der Waals surface area contributed by atoms with Gasteiger partial charge in [0, 0.05) is 13.1 Å². The summed E-state index contributed by atoms with van der Waals surface area (Å²) in [5.74, 6) is 0.150. The summed E-state index contributed by atoms with van der Waals surface area (Å²) in [6, 6.07) is 10.2. The van der Waals surface area contributed by atoms with Gasteiger partial charge >= 0.3 is 0 Å². The van der Waals surface area contributed by atoms with Gasteiger partial charge in [0.1, 0.15) is 0 Å². The minimum absolute atomic E-state index is 0.150. The molecular weight excluding hydrogens is 308 g/mol. The Morgan fingerprint density at radius 1 is 0.870 bits per heavy atom. The van der Waals surface area contributed by atoms with Gasteiger partial charge in [-0.2, -0.15) is 0 Å². The molecule has 0 spiro atoms. The topological polar surface area (TPSA) is 58.2 Å². The van der Waals surface area contributed by atoms with Crippen LogP contribution in [0.25, 0.3) is 0 Å². The van der Waals surface area contributed by atoms with E-state index in [2.05, 4.69) is 29.1 Å². The summed E-state index contributed by atoms with van der Waals surface area (Å²) in [6.07, 6.45) is 7.95. The van der Waals surface area contributed by atoms with Gasteiger partial charge in [-0.15, -0.1) is 0 Å². The van der Waals surface area contributed by atoms with E-state index in [9.17, 15) is 8.42 Å². The largest absolute Gasteiger partial charge is 0.315 e. The van der Waals surface area contributed by atoms with Crippen LogP contribution in [0.1, 0.15) is 51.0 Å². The Hall–Kier alpha value is -0.910. The Morgan fingerprint density at radius 3 is 2.30 bits per heavy atom. The molecule has 0 saturated carbocycles. The smallest absolute Gasteiger partial charge is 0.212 e. The van der Waals surface area contributed by atoms with Crippen LogP contribution in [0.3, 0.4) is 0 Å². The molecule has 1 aromatic carbocycles. The number of nitrogens with one attached hydrogen (secondary N) is 2. The van der Waals surface area contributed by atoms with Crippen LogP contribution in [0.4, 0.5) is 0 Å². The third-order valence-corrected chi connectivity index (χ3v) is 5.22. The second-order valence-corrected chi connectivity index (χ2v) is 7.89. The van der Waals surface area contributed by atoms with Crippen molar-refractivity contribution in [1.82, 2.24) is 10.0 Å². The summed E-state index contributed by atoms with van der Waals surface area (Å²) in [5, 5.41) is 3.20. The molecule has 0 saturated heterocycles. The molecule has 1 aromatic rings. The Labute approximate surface area is 142 Å². The van der Waals surface area contributed by atoms with E-state index in [0.29, 0.717) is 13.1 Å². The van der Waals surface area contributed by atoms with Gasteiger partial charge in [-0.3, -0.25) is 0 Å². The van der Waals surface area contributed by atoms with E-state index < -0.39 is 10.0 Å². The Bertz CT molecular complexity index is 489. The third-order valence-electron chi connectivity index (χ3n) is 3.83. The van der Waals surface area contributed by atoms with Crippen LogP contribution in [0, 0.1) is 0 Å². The highest BCUT2D eigenvalue weighted by Gasteiger charge is 2.08. The quantitative estimate of drug-likeness (QED) is 0.512. The van der Waals surface area contributed by atoms with Gasteiger partial charge in [0.05, 0.1) is 5.75 Å². The predicted octanol–water partition coefficient (Wildman–Crippen LogP) is 3.10. The van der Waals surface area contributed by atoms with Crippen molar-refractivity contribution in [3.8, 4) is 0 Å². The molecule has 4 nitrogen and oxygen atoms in total. The van der Waals surface area contributed by atoms with Gasteiger partial charge in [0.2, 0.25) is 10.0 Å². The van der Waals surface area contributed by atoms with Crippen LogP contribution in [0.5, 0.6) is 0 Å². The molecule has 1 rings (SSSR count). The minimum atomic E-state index is -3.14. The van der Waals surface area contributed by atoms with Crippen molar-refractivity contribution in [2.45, 2.75) is 51.9 Å². The minimum Gasteiger partial charge on any atom is -0.315 e. The van der Waals surface area contributed by atoms with Crippen LogP contribution in [0.15, 0.2) is 30.3 Å². The van der Waals surface area contributed by atoms with Gasteiger partial charge in [-0.1, -0.05) is 69.4 Å². The molecule has 0 aromatic heterocycles. The molecule has 0 aliphatic carbocycles. The van der Waals surface area contributed by atoms with E-state index in [1.165, 1.54) is 31.2 Å². The molecule has 0 radical (unpaired) electrons. The lowest BCUT2D eigenvalue weighted by molar-refractivity contribution is 0.564. The summed E-state index contributed by atoms with van der Waals surface area (Å²) >= 11 is 0. The third kappa shape index (κ3) is 11.3. The molecule has 0 heterocycles. The standard InChI is InChI=1S/C18H32N2O2S/c1-2-3-4-5-6-10-14-20-23(21,22)17-16-19-15-13-18-11-8-7-9-12-18/h7-9,11-12,19-20H,2-6,10,13-17H2,1H3. The molecule has 0 unspecified atom stereocenters. The highest BCUT2D eigenvalue weighted by molar-refractivity contribution is 7.89. The van der Waals surface area contributed by atoms with E-state index in [1.54, 1.807) is 0 Å². The molecule has 0 fully saturated rings. The van der Waals surface area contributed by atoms with Crippen molar-refractivity contribution in [2.24, 2.45) is 0 Å². The molecule has 0 aliphatic rings. The zero-order valence-electron chi connectivity index (χ0n) is 14.4. The number of hydrogen-bond acceptors (Lipinski definition) is 3. The molecule has 2 N–H and O–H groups in total. The highest BCUT2D eigenvalue weighted by atomic mass is 32.2. The fourth-order valence-electron chi connectivity index (χ4n) is 2.41. The fourth-order valence-corrected chi connectivity index (χ4v) is 3.43. The van der Waals surface area contributed by atoms with E-state index in [1.807, 2.05) is 18.2 Å². The molecule has 5 heteroatoms. The average molecular weight is 341 g/mol. The molecule has 23 heavy (non-hydrogen) atoms. The summed E-state index contributed by atoms with van der Waals surface area (Å²) in [5.41, 5.74) is 1.27. The maximum Gasteiger partial charge on any atom is 0.212 e. The lowest BCUT2D eigenvalue weighted by atomic mass is 10.1. The van der Waals surface area contributed by atoms with Crippen molar-refractivity contribution < 1.29 is 8.42 Å². The molecule has 0 bridgehead atoms. The fraction of sp³-hybridized carbons (Fsp3) is 0.667. The van der Waals surface area contributed by atoms with E-state index in [-0.39, 0.29) is 5.75 Å². The SMILES string of the molecule is CCCCCCCCNS(=O)(=O)CCNCCc1ccccc1. The second-order valence-electron chi connectivity index (χ2n) is 5.97. The summed E-state index contributed by atoms with van der Waals surface area (Å²) < 4.78 is 26.4. The normalized spacial score (nSPS) is 11.7. The summed E-state index contributed by atoms with van der Waals surface area (Å²) in [7, 11) is -3.14. The first-order valence-corrected chi connectivity index (χ1v) is 10.5. The maximum absolute atomic E-state index is 11.8. The molecule has 132 valence electrons. The van der Waals surface area contributed by atoms with Gasteiger partial charge in [-0.25, -0.2) is 13.1 Å². The molecular formula is C18H32N2O2S. The van der Waals surface area contributed by atoms with Crippen molar-refractivity contribution in [1.29, 1.82) is 0 Å². The number of unbranched alkanes of at least 4 members (excludes halogenated alkanes) is 5. The van der Waals surface area contributed by atoms with Crippen LogP contribution in [0.2, 0.25) is 0 Å². The van der Waals surface area contributed by atoms with Crippen LogP contribution < -0.4 is 10.0 Å². The van der Waals surface area contributed by atoms with Gasteiger partial charge in [-0.05, 0) is 24.9 Å². The number of hydrogen-bond donors (Lipinski definition) is 2. The first-order chi connectivity index (χ1) is 11.1. The van der Waals surface area contributed by atoms with Crippen LogP contribution >= 0.6 is 0 Å². The van der Waals surface area contributed by atoms with E-state index in [0.717, 1.165) is 25.8 Å².